The molecule has 0 aromatic carbocycles. The minimum Gasteiger partial charge on any atom is -0.476 e. The molecule has 1 aromatic rings. The molecule has 0 aliphatic rings. The van der Waals surface area contributed by atoms with Crippen LogP contribution in [0.2, 0.25) is 0 Å². The SMILES string of the molecule is NC(=O)COCCNc1nc(C(=O)O)co1. The Balaban J connectivity index is 2.21. The molecule has 88 valence electrons. The fourth-order valence-corrected chi connectivity index (χ4v) is 0.856. The van der Waals surface area contributed by atoms with Gasteiger partial charge >= 0.3 is 5.97 Å². The first-order chi connectivity index (χ1) is 7.59. The molecule has 0 aliphatic heterocycles. The van der Waals surface area contributed by atoms with Crippen LogP contribution in [-0.2, 0) is 9.53 Å². The average molecular weight is 229 g/mol. The van der Waals surface area contributed by atoms with E-state index in [0.29, 0.717) is 6.54 Å². The minimum atomic E-state index is -1.17. The standard InChI is InChI=1S/C8H11N3O5/c9-6(12)4-15-2-1-10-8-11-5(3-16-8)7(13)14/h3H,1-2,4H2,(H2,9,12)(H,10,11)(H,13,14). The third-order valence-corrected chi connectivity index (χ3v) is 1.49. The summed E-state index contributed by atoms with van der Waals surface area (Å²) >= 11 is 0. The summed E-state index contributed by atoms with van der Waals surface area (Å²) in [6, 6.07) is 0.0834. The number of aromatic nitrogens is 1. The molecular formula is C8H11N3O5. The van der Waals surface area contributed by atoms with Crippen LogP contribution in [-0.4, -0.2) is 41.7 Å². The average Bonchev–Trinajstić information content (AvgIpc) is 2.65. The number of carbonyl (C=O) groups excluding carboxylic acids is 1. The highest BCUT2D eigenvalue weighted by atomic mass is 16.5. The number of nitrogens with two attached hydrogens (primary N) is 1. The second-order valence-corrected chi connectivity index (χ2v) is 2.79. The normalized spacial score (nSPS) is 10.0. The van der Waals surface area contributed by atoms with Gasteiger partial charge in [-0.05, 0) is 0 Å². The monoisotopic (exact) mass is 229 g/mol. The van der Waals surface area contributed by atoms with Crippen molar-refractivity contribution in [2.24, 2.45) is 5.73 Å². The van der Waals surface area contributed by atoms with Crippen molar-refractivity contribution in [3.63, 3.8) is 0 Å². The molecule has 16 heavy (non-hydrogen) atoms. The molecule has 0 saturated heterocycles. The number of rotatable bonds is 7. The summed E-state index contributed by atoms with van der Waals surface area (Å²) in [6.07, 6.45) is 1.02. The third kappa shape index (κ3) is 3.96. The quantitative estimate of drug-likeness (QED) is 0.526. The molecule has 0 radical (unpaired) electrons. The highest BCUT2D eigenvalue weighted by Gasteiger charge is 2.09. The van der Waals surface area contributed by atoms with Crippen molar-refractivity contribution < 1.29 is 23.8 Å². The van der Waals surface area contributed by atoms with E-state index in [2.05, 4.69) is 10.3 Å². The number of aromatic carboxylic acids is 1. The van der Waals surface area contributed by atoms with Gasteiger partial charge in [-0.15, -0.1) is 0 Å². The van der Waals surface area contributed by atoms with E-state index in [1.165, 1.54) is 0 Å². The number of carbonyl (C=O) groups is 2. The zero-order chi connectivity index (χ0) is 12.0. The van der Waals surface area contributed by atoms with Gasteiger partial charge in [0.1, 0.15) is 12.9 Å². The second kappa shape index (κ2) is 5.71. The number of nitrogens with zero attached hydrogens (tertiary/aromatic N) is 1. The number of primary amides is 1. The van der Waals surface area contributed by atoms with Crippen LogP contribution in [0.3, 0.4) is 0 Å². The van der Waals surface area contributed by atoms with Crippen LogP contribution in [0.4, 0.5) is 6.01 Å². The molecule has 1 aromatic heterocycles. The van der Waals surface area contributed by atoms with E-state index in [4.69, 9.17) is 20.0 Å². The van der Waals surface area contributed by atoms with Gasteiger partial charge in [0.25, 0.3) is 6.01 Å². The zero-order valence-corrected chi connectivity index (χ0v) is 8.30. The molecule has 8 heteroatoms. The lowest BCUT2D eigenvalue weighted by molar-refractivity contribution is -0.122. The maximum atomic E-state index is 10.4. The Morgan fingerprint density at radius 2 is 2.38 bits per heavy atom. The Hall–Kier alpha value is -2.09. The summed E-state index contributed by atoms with van der Waals surface area (Å²) in [4.78, 5) is 24.3. The third-order valence-electron chi connectivity index (χ3n) is 1.49. The van der Waals surface area contributed by atoms with Crippen molar-refractivity contribution in [3.8, 4) is 0 Å². The Morgan fingerprint density at radius 1 is 1.62 bits per heavy atom. The molecule has 1 heterocycles. The summed E-state index contributed by atoms with van der Waals surface area (Å²) in [5.74, 6) is -1.72. The number of carboxylic acids is 1. The molecule has 0 aliphatic carbocycles. The van der Waals surface area contributed by atoms with Crippen LogP contribution >= 0.6 is 0 Å². The molecule has 1 amide bonds. The van der Waals surface area contributed by atoms with Crippen molar-refractivity contribution >= 4 is 17.9 Å². The maximum absolute atomic E-state index is 10.4. The lowest BCUT2D eigenvalue weighted by atomic mass is 10.5. The molecule has 4 N–H and O–H groups in total. The molecular weight excluding hydrogens is 218 g/mol. The first-order valence-corrected chi connectivity index (χ1v) is 4.38. The van der Waals surface area contributed by atoms with Crippen LogP contribution < -0.4 is 11.1 Å². The van der Waals surface area contributed by atoms with Crippen LogP contribution in [0.5, 0.6) is 0 Å². The van der Waals surface area contributed by atoms with Gasteiger partial charge in [0, 0.05) is 6.54 Å². The molecule has 1 rings (SSSR count). The topological polar surface area (TPSA) is 128 Å². The Labute approximate surface area is 90.4 Å². The Bertz CT molecular complexity index is 376. The summed E-state index contributed by atoms with van der Waals surface area (Å²) in [6.45, 7) is 0.397. The largest absolute Gasteiger partial charge is 0.476 e. The van der Waals surface area contributed by atoms with Gasteiger partial charge in [-0.1, -0.05) is 0 Å². The number of hydrogen-bond donors (Lipinski definition) is 3. The second-order valence-electron chi connectivity index (χ2n) is 2.79. The van der Waals surface area contributed by atoms with E-state index in [1.807, 2.05) is 0 Å². The van der Waals surface area contributed by atoms with Crippen molar-refractivity contribution in [2.75, 3.05) is 25.1 Å². The summed E-state index contributed by atoms with van der Waals surface area (Å²) in [5.41, 5.74) is 4.66. The fourth-order valence-electron chi connectivity index (χ4n) is 0.856. The van der Waals surface area contributed by atoms with E-state index in [1.54, 1.807) is 0 Å². The van der Waals surface area contributed by atoms with Crippen LogP contribution in [0.1, 0.15) is 10.5 Å². The summed E-state index contributed by atoms with van der Waals surface area (Å²) in [5, 5.41) is 11.2. The molecule has 0 bridgehead atoms. The summed E-state index contributed by atoms with van der Waals surface area (Å²) < 4.78 is 9.65. The van der Waals surface area contributed by atoms with E-state index in [0.717, 1.165) is 6.26 Å². The number of hydrogen-bond acceptors (Lipinski definition) is 6. The lowest BCUT2D eigenvalue weighted by Crippen LogP contribution is -2.20. The number of ether oxygens (including phenoxy) is 1. The van der Waals surface area contributed by atoms with Gasteiger partial charge in [0.05, 0.1) is 6.61 Å². The minimum absolute atomic E-state index is 0.0834. The Morgan fingerprint density at radius 3 is 2.94 bits per heavy atom. The van der Waals surface area contributed by atoms with Crippen molar-refractivity contribution in [1.29, 1.82) is 0 Å². The maximum Gasteiger partial charge on any atom is 0.357 e. The predicted molar refractivity (Wildman–Crippen MR) is 52.0 cm³/mol. The number of amides is 1. The van der Waals surface area contributed by atoms with Crippen molar-refractivity contribution in [3.05, 3.63) is 12.0 Å². The van der Waals surface area contributed by atoms with Crippen molar-refractivity contribution in [1.82, 2.24) is 4.98 Å². The Kier molecular flexibility index (Phi) is 4.28. The number of carboxylic acid groups (broad SMARTS) is 1. The molecule has 0 unspecified atom stereocenters. The van der Waals surface area contributed by atoms with E-state index in [-0.39, 0.29) is 24.9 Å². The van der Waals surface area contributed by atoms with E-state index >= 15 is 0 Å². The highest BCUT2D eigenvalue weighted by molar-refractivity contribution is 5.85. The van der Waals surface area contributed by atoms with Crippen LogP contribution in [0, 0.1) is 0 Å². The first-order valence-electron chi connectivity index (χ1n) is 4.38. The van der Waals surface area contributed by atoms with Crippen LogP contribution in [0.15, 0.2) is 10.7 Å². The fraction of sp³-hybridized carbons (Fsp3) is 0.375. The first kappa shape index (κ1) is 12.0. The van der Waals surface area contributed by atoms with Gasteiger partial charge in [-0.2, -0.15) is 4.98 Å². The van der Waals surface area contributed by atoms with E-state index < -0.39 is 11.9 Å². The number of oxazole rings is 1. The van der Waals surface area contributed by atoms with Crippen molar-refractivity contribution in [2.45, 2.75) is 0 Å². The van der Waals surface area contributed by atoms with Gasteiger partial charge in [-0.25, -0.2) is 4.79 Å². The zero-order valence-electron chi connectivity index (χ0n) is 8.30. The smallest absolute Gasteiger partial charge is 0.357 e. The molecule has 0 spiro atoms. The molecule has 0 saturated carbocycles. The molecule has 0 fully saturated rings. The van der Waals surface area contributed by atoms with Crippen LogP contribution in [0.25, 0.3) is 0 Å². The molecule has 0 atom stereocenters. The molecule has 8 nitrogen and oxygen atoms in total. The number of nitrogens with one attached hydrogen (secondary N) is 1. The van der Waals surface area contributed by atoms with Gasteiger partial charge in [-0.3, -0.25) is 4.79 Å². The summed E-state index contributed by atoms with van der Waals surface area (Å²) in [7, 11) is 0. The number of anilines is 1. The van der Waals surface area contributed by atoms with Gasteiger partial charge < -0.3 is 25.3 Å². The van der Waals surface area contributed by atoms with E-state index in [9.17, 15) is 9.59 Å². The van der Waals surface area contributed by atoms with Gasteiger partial charge in [0.2, 0.25) is 5.91 Å². The lowest BCUT2D eigenvalue weighted by Gasteiger charge is -2.01. The predicted octanol–water partition coefficient (Wildman–Crippen LogP) is -0.713. The van der Waals surface area contributed by atoms with Gasteiger partial charge in [0.15, 0.2) is 5.69 Å². The highest BCUT2D eigenvalue weighted by Crippen LogP contribution is 2.06.